The number of benzene rings is 1. The van der Waals surface area contributed by atoms with E-state index < -0.39 is 0 Å². The Balaban J connectivity index is 2.64. The van der Waals surface area contributed by atoms with Crippen molar-refractivity contribution in [1.29, 1.82) is 0 Å². The van der Waals surface area contributed by atoms with Gasteiger partial charge in [0.15, 0.2) is 5.13 Å². The Hall–Kier alpha value is -1.29. The summed E-state index contributed by atoms with van der Waals surface area (Å²) in [4.78, 5) is 6.49. The third kappa shape index (κ3) is 1.42. The molecule has 0 amide bonds. The van der Waals surface area contributed by atoms with Crippen LogP contribution < -0.4 is 9.64 Å². The smallest absolute Gasteiger partial charge is 0.186 e. The van der Waals surface area contributed by atoms with E-state index in [2.05, 4.69) is 4.98 Å². The molecule has 0 unspecified atom stereocenters. The number of fused-ring (bicyclic) bond motifs is 1. The monoisotopic (exact) mass is 208 g/mol. The average molecular weight is 208 g/mol. The van der Waals surface area contributed by atoms with Crippen LogP contribution in [0.4, 0.5) is 5.13 Å². The van der Waals surface area contributed by atoms with E-state index in [4.69, 9.17) is 4.74 Å². The topological polar surface area (TPSA) is 25.4 Å². The largest absolute Gasteiger partial charge is 0.495 e. The SMILES string of the molecule is COc1cccc2nc(N(C)C)sc12. The fourth-order valence-corrected chi connectivity index (χ4v) is 2.24. The molecule has 4 heteroatoms. The predicted molar refractivity (Wildman–Crippen MR) is 60.5 cm³/mol. The lowest BCUT2D eigenvalue weighted by molar-refractivity contribution is 0.420. The molecule has 0 saturated carbocycles. The van der Waals surface area contributed by atoms with Crippen LogP contribution in [0.3, 0.4) is 0 Å². The van der Waals surface area contributed by atoms with Crippen molar-refractivity contribution in [1.82, 2.24) is 4.98 Å². The number of nitrogens with zero attached hydrogens (tertiary/aromatic N) is 2. The first kappa shape index (κ1) is 9.27. The van der Waals surface area contributed by atoms with Crippen molar-refractivity contribution >= 4 is 26.7 Å². The van der Waals surface area contributed by atoms with Gasteiger partial charge < -0.3 is 9.64 Å². The number of aromatic nitrogens is 1. The first-order valence-corrected chi connectivity index (χ1v) is 5.15. The van der Waals surface area contributed by atoms with Crippen LogP contribution in [0.25, 0.3) is 10.2 Å². The van der Waals surface area contributed by atoms with Crippen molar-refractivity contribution in [3.05, 3.63) is 18.2 Å². The van der Waals surface area contributed by atoms with E-state index in [9.17, 15) is 0 Å². The van der Waals surface area contributed by atoms with E-state index in [-0.39, 0.29) is 0 Å². The van der Waals surface area contributed by atoms with E-state index >= 15 is 0 Å². The molecule has 2 aromatic rings. The number of hydrogen-bond donors (Lipinski definition) is 0. The summed E-state index contributed by atoms with van der Waals surface area (Å²) < 4.78 is 6.38. The zero-order valence-electron chi connectivity index (χ0n) is 8.44. The minimum Gasteiger partial charge on any atom is -0.495 e. The molecule has 3 nitrogen and oxygen atoms in total. The van der Waals surface area contributed by atoms with Gasteiger partial charge in [0.2, 0.25) is 0 Å². The van der Waals surface area contributed by atoms with Crippen molar-refractivity contribution in [3.8, 4) is 5.75 Å². The Labute approximate surface area is 86.9 Å². The summed E-state index contributed by atoms with van der Waals surface area (Å²) in [6.07, 6.45) is 0. The number of anilines is 1. The van der Waals surface area contributed by atoms with Gasteiger partial charge in [0, 0.05) is 14.1 Å². The maximum absolute atomic E-state index is 5.27. The van der Waals surface area contributed by atoms with E-state index in [1.165, 1.54) is 0 Å². The lowest BCUT2D eigenvalue weighted by Crippen LogP contribution is -2.07. The highest BCUT2D eigenvalue weighted by Gasteiger charge is 2.08. The van der Waals surface area contributed by atoms with Crippen molar-refractivity contribution in [3.63, 3.8) is 0 Å². The van der Waals surface area contributed by atoms with Crippen molar-refractivity contribution < 1.29 is 4.74 Å². The maximum atomic E-state index is 5.27. The predicted octanol–water partition coefficient (Wildman–Crippen LogP) is 2.37. The van der Waals surface area contributed by atoms with Crippen LogP contribution >= 0.6 is 11.3 Å². The van der Waals surface area contributed by atoms with Crippen LogP contribution in [-0.4, -0.2) is 26.2 Å². The summed E-state index contributed by atoms with van der Waals surface area (Å²) in [7, 11) is 5.66. The molecule has 0 aliphatic carbocycles. The average Bonchev–Trinajstić information content (AvgIpc) is 2.60. The standard InChI is InChI=1S/C10H12N2OS/c1-12(2)10-11-7-5-4-6-8(13-3)9(7)14-10/h4-6H,1-3H3. The number of rotatable bonds is 2. The maximum Gasteiger partial charge on any atom is 0.186 e. The first-order chi connectivity index (χ1) is 6.72. The van der Waals surface area contributed by atoms with Gasteiger partial charge in [-0.1, -0.05) is 17.4 Å². The second-order valence-corrected chi connectivity index (χ2v) is 4.18. The highest BCUT2D eigenvalue weighted by Crippen LogP contribution is 2.34. The Morgan fingerprint density at radius 2 is 2.14 bits per heavy atom. The molecule has 74 valence electrons. The van der Waals surface area contributed by atoms with Crippen LogP contribution in [0.15, 0.2) is 18.2 Å². The molecule has 1 aromatic carbocycles. The molecule has 1 heterocycles. The van der Waals surface area contributed by atoms with Crippen molar-refractivity contribution in [2.75, 3.05) is 26.1 Å². The fraction of sp³-hybridized carbons (Fsp3) is 0.300. The van der Waals surface area contributed by atoms with Gasteiger partial charge in [-0.15, -0.1) is 0 Å². The normalized spacial score (nSPS) is 10.5. The second kappa shape index (κ2) is 3.46. The van der Waals surface area contributed by atoms with E-state index in [1.807, 2.05) is 37.2 Å². The van der Waals surface area contributed by atoms with Crippen LogP contribution in [0.2, 0.25) is 0 Å². The highest BCUT2D eigenvalue weighted by molar-refractivity contribution is 7.22. The van der Waals surface area contributed by atoms with E-state index in [0.29, 0.717) is 0 Å². The molecule has 0 radical (unpaired) electrons. The highest BCUT2D eigenvalue weighted by atomic mass is 32.1. The Kier molecular flexibility index (Phi) is 2.29. The second-order valence-electron chi connectivity index (χ2n) is 3.20. The van der Waals surface area contributed by atoms with E-state index in [0.717, 1.165) is 21.1 Å². The van der Waals surface area contributed by atoms with Gasteiger partial charge in [-0.25, -0.2) is 4.98 Å². The third-order valence-corrected chi connectivity index (χ3v) is 3.22. The van der Waals surface area contributed by atoms with Crippen molar-refractivity contribution in [2.45, 2.75) is 0 Å². The fourth-order valence-electron chi connectivity index (χ4n) is 1.26. The van der Waals surface area contributed by atoms with Gasteiger partial charge in [0.1, 0.15) is 5.75 Å². The molecule has 0 spiro atoms. The molecule has 0 atom stereocenters. The van der Waals surface area contributed by atoms with Crippen LogP contribution in [0, 0.1) is 0 Å². The Morgan fingerprint density at radius 3 is 2.79 bits per heavy atom. The molecule has 0 fully saturated rings. The van der Waals surface area contributed by atoms with Crippen LogP contribution in [0.5, 0.6) is 5.75 Å². The molecule has 0 N–H and O–H groups in total. The first-order valence-electron chi connectivity index (χ1n) is 4.33. The molecular weight excluding hydrogens is 196 g/mol. The molecule has 0 bridgehead atoms. The van der Waals surface area contributed by atoms with Gasteiger partial charge in [0.05, 0.1) is 17.3 Å². The molecular formula is C10H12N2OS. The summed E-state index contributed by atoms with van der Waals surface area (Å²) in [6, 6.07) is 5.92. The van der Waals surface area contributed by atoms with Gasteiger partial charge in [-0.2, -0.15) is 0 Å². The minimum absolute atomic E-state index is 0.896. The van der Waals surface area contributed by atoms with Gasteiger partial charge >= 0.3 is 0 Å². The molecule has 14 heavy (non-hydrogen) atoms. The summed E-state index contributed by atoms with van der Waals surface area (Å²) in [5, 5.41) is 1.00. The summed E-state index contributed by atoms with van der Waals surface area (Å²) in [5.41, 5.74) is 0.998. The van der Waals surface area contributed by atoms with Crippen LogP contribution in [-0.2, 0) is 0 Å². The quantitative estimate of drug-likeness (QED) is 0.757. The number of ether oxygens (including phenoxy) is 1. The number of thiazole rings is 1. The summed E-state index contributed by atoms with van der Waals surface area (Å²) >= 11 is 1.65. The molecule has 0 saturated heterocycles. The Bertz CT molecular complexity index is 450. The lowest BCUT2D eigenvalue weighted by Gasteiger charge is -2.04. The lowest BCUT2D eigenvalue weighted by atomic mass is 10.3. The van der Waals surface area contributed by atoms with Gasteiger partial charge in [-0.05, 0) is 12.1 Å². The molecule has 1 aromatic heterocycles. The zero-order chi connectivity index (χ0) is 10.1. The van der Waals surface area contributed by atoms with Crippen molar-refractivity contribution in [2.24, 2.45) is 0 Å². The summed E-state index contributed by atoms with van der Waals surface area (Å²) in [6.45, 7) is 0. The Morgan fingerprint density at radius 1 is 1.36 bits per heavy atom. The zero-order valence-corrected chi connectivity index (χ0v) is 9.26. The van der Waals surface area contributed by atoms with Gasteiger partial charge in [-0.3, -0.25) is 0 Å². The summed E-state index contributed by atoms with van der Waals surface area (Å²) in [5.74, 6) is 0.896. The number of methoxy groups -OCH3 is 1. The minimum atomic E-state index is 0.896. The number of hydrogen-bond acceptors (Lipinski definition) is 4. The molecule has 2 rings (SSSR count). The molecule has 0 aliphatic heterocycles. The van der Waals surface area contributed by atoms with Gasteiger partial charge in [0.25, 0.3) is 0 Å². The van der Waals surface area contributed by atoms with Crippen LogP contribution in [0.1, 0.15) is 0 Å². The molecule has 0 aliphatic rings. The third-order valence-electron chi connectivity index (χ3n) is 1.97. The van der Waals surface area contributed by atoms with E-state index in [1.54, 1.807) is 18.4 Å².